The van der Waals surface area contributed by atoms with Gasteiger partial charge in [0.15, 0.2) is 0 Å². The summed E-state index contributed by atoms with van der Waals surface area (Å²) in [6.45, 7) is 4.78. The molecule has 0 aliphatic carbocycles. The molecule has 0 heterocycles. The van der Waals surface area contributed by atoms with E-state index < -0.39 is 0 Å². The van der Waals surface area contributed by atoms with E-state index in [0.717, 1.165) is 5.56 Å². The van der Waals surface area contributed by atoms with Gasteiger partial charge in [0.05, 0.1) is 11.6 Å². The van der Waals surface area contributed by atoms with Gasteiger partial charge in [-0.1, -0.05) is 44.2 Å². The van der Waals surface area contributed by atoms with E-state index in [9.17, 15) is 4.79 Å². The van der Waals surface area contributed by atoms with Crippen molar-refractivity contribution in [2.45, 2.75) is 26.3 Å². The molecule has 3 nitrogen and oxygen atoms in total. The van der Waals surface area contributed by atoms with Crippen LogP contribution in [0.4, 0.5) is 0 Å². The molecule has 2 aromatic rings. The molecule has 0 atom stereocenters. The summed E-state index contributed by atoms with van der Waals surface area (Å²) in [6, 6.07) is 17.0. The number of nitriles is 1. The van der Waals surface area contributed by atoms with Gasteiger partial charge in [0, 0.05) is 12.1 Å². The van der Waals surface area contributed by atoms with Crippen molar-refractivity contribution in [2.75, 3.05) is 0 Å². The number of nitrogens with one attached hydrogen (secondary N) is 1. The van der Waals surface area contributed by atoms with Gasteiger partial charge in [0.25, 0.3) is 5.91 Å². The van der Waals surface area contributed by atoms with Crippen LogP contribution in [0.2, 0.25) is 0 Å². The molecule has 0 aliphatic rings. The van der Waals surface area contributed by atoms with Crippen molar-refractivity contribution in [2.24, 2.45) is 0 Å². The molecular formula is C18H18N2O. The van der Waals surface area contributed by atoms with Crippen LogP contribution in [-0.4, -0.2) is 5.91 Å². The van der Waals surface area contributed by atoms with E-state index in [2.05, 4.69) is 31.3 Å². The van der Waals surface area contributed by atoms with Gasteiger partial charge in [-0.25, -0.2) is 0 Å². The maximum Gasteiger partial charge on any atom is 0.251 e. The van der Waals surface area contributed by atoms with Gasteiger partial charge >= 0.3 is 0 Å². The lowest BCUT2D eigenvalue weighted by atomic mass is 10.0. The topological polar surface area (TPSA) is 52.9 Å². The van der Waals surface area contributed by atoms with E-state index >= 15 is 0 Å². The largest absolute Gasteiger partial charge is 0.348 e. The van der Waals surface area contributed by atoms with Crippen molar-refractivity contribution in [1.82, 2.24) is 5.32 Å². The van der Waals surface area contributed by atoms with Crippen LogP contribution in [0.1, 0.15) is 46.8 Å². The van der Waals surface area contributed by atoms with Gasteiger partial charge in [0.1, 0.15) is 0 Å². The summed E-state index contributed by atoms with van der Waals surface area (Å²) >= 11 is 0. The fourth-order valence-corrected chi connectivity index (χ4v) is 2.03. The summed E-state index contributed by atoms with van der Waals surface area (Å²) in [5, 5.41) is 11.7. The fourth-order valence-electron chi connectivity index (χ4n) is 2.03. The third-order valence-electron chi connectivity index (χ3n) is 3.35. The lowest BCUT2D eigenvalue weighted by Crippen LogP contribution is -2.22. The zero-order chi connectivity index (χ0) is 15.2. The molecule has 106 valence electrons. The lowest BCUT2D eigenvalue weighted by molar-refractivity contribution is 0.0951. The first-order valence-corrected chi connectivity index (χ1v) is 6.97. The van der Waals surface area contributed by atoms with Gasteiger partial charge in [0.2, 0.25) is 0 Å². The average Bonchev–Trinajstić information content (AvgIpc) is 2.53. The maximum atomic E-state index is 12.0. The minimum absolute atomic E-state index is 0.167. The number of rotatable bonds is 4. The van der Waals surface area contributed by atoms with Crippen LogP contribution in [-0.2, 0) is 6.54 Å². The van der Waals surface area contributed by atoms with Crippen molar-refractivity contribution < 1.29 is 4.79 Å². The van der Waals surface area contributed by atoms with Crippen LogP contribution in [0.5, 0.6) is 0 Å². The maximum absolute atomic E-state index is 12.0. The second kappa shape index (κ2) is 6.71. The molecule has 0 fully saturated rings. The van der Waals surface area contributed by atoms with E-state index in [1.807, 2.05) is 18.2 Å². The number of carbonyl (C=O) groups is 1. The van der Waals surface area contributed by atoms with E-state index in [0.29, 0.717) is 23.6 Å². The monoisotopic (exact) mass is 278 g/mol. The van der Waals surface area contributed by atoms with Gasteiger partial charge in [-0.2, -0.15) is 5.26 Å². The Morgan fingerprint density at radius 2 is 1.90 bits per heavy atom. The minimum Gasteiger partial charge on any atom is -0.348 e. The third-order valence-corrected chi connectivity index (χ3v) is 3.35. The van der Waals surface area contributed by atoms with E-state index in [4.69, 9.17) is 5.26 Å². The lowest BCUT2D eigenvalue weighted by Gasteiger charge is -2.08. The summed E-state index contributed by atoms with van der Waals surface area (Å²) in [5.41, 5.74) is 3.34. The fraction of sp³-hybridized carbons (Fsp3) is 0.222. The highest BCUT2D eigenvalue weighted by Crippen LogP contribution is 2.14. The smallest absolute Gasteiger partial charge is 0.251 e. The number of hydrogen-bond acceptors (Lipinski definition) is 2. The molecule has 0 bridgehead atoms. The number of benzene rings is 2. The zero-order valence-corrected chi connectivity index (χ0v) is 12.3. The van der Waals surface area contributed by atoms with Crippen molar-refractivity contribution in [3.05, 3.63) is 70.8 Å². The number of nitrogens with zero attached hydrogens (tertiary/aromatic N) is 1. The highest BCUT2D eigenvalue weighted by atomic mass is 16.1. The quantitative estimate of drug-likeness (QED) is 0.928. The summed E-state index contributed by atoms with van der Waals surface area (Å²) in [5.74, 6) is 0.336. The average molecular weight is 278 g/mol. The standard InChI is InChI=1S/C18H18N2O/c1-13(2)16-8-6-14(7-9-16)12-20-18(21)17-5-3-4-15(10-17)11-19/h3-10,13H,12H2,1-2H3,(H,20,21). The van der Waals surface area contributed by atoms with Crippen LogP contribution < -0.4 is 5.32 Å². The summed E-state index contributed by atoms with van der Waals surface area (Å²) in [6.07, 6.45) is 0. The first-order valence-electron chi connectivity index (χ1n) is 6.97. The normalized spacial score (nSPS) is 10.2. The molecule has 0 saturated carbocycles. The molecule has 3 heteroatoms. The molecule has 1 amide bonds. The van der Waals surface area contributed by atoms with Gasteiger partial charge in [-0.15, -0.1) is 0 Å². The Labute approximate surface area is 125 Å². The highest BCUT2D eigenvalue weighted by Gasteiger charge is 2.06. The Morgan fingerprint density at radius 3 is 2.52 bits per heavy atom. The number of amides is 1. The third kappa shape index (κ3) is 3.93. The van der Waals surface area contributed by atoms with Crippen molar-refractivity contribution in [1.29, 1.82) is 5.26 Å². The van der Waals surface area contributed by atoms with Crippen LogP contribution >= 0.6 is 0 Å². The van der Waals surface area contributed by atoms with Crippen LogP contribution in [0.25, 0.3) is 0 Å². The number of hydrogen-bond donors (Lipinski definition) is 1. The van der Waals surface area contributed by atoms with Crippen LogP contribution in [0.3, 0.4) is 0 Å². The van der Waals surface area contributed by atoms with Gasteiger partial charge in [-0.3, -0.25) is 4.79 Å². The van der Waals surface area contributed by atoms with Crippen molar-refractivity contribution >= 4 is 5.91 Å². The molecule has 21 heavy (non-hydrogen) atoms. The second-order valence-electron chi connectivity index (χ2n) is 5.27. The summed E-state index contributed by atoms with van der Waals surface area (Å²) in [7, 11) is 0. The SMILES string of the molecule is CC(C)c1ccc(CNC(=O)c2cccc(C#N)c2)cc1. The Morgan fingerprint density at radius 1 is 1.19 bits per heavy atom. The molecule has 0 spiro atoms. The van der Waals surface area contributed by atoms with Gasteiger partial charge < -0.3 is 5.32 Å². The Kier molecular flexibility index (Phi) is 4.73. The molecule has 0 aromatic heterocycles. The Bertz CT molecular complexity index is 666. The Balaban J connectivity index is 1.99. The van der Waals surface area contributed by atoms with Crippen molar-refractivity contribution in [3.8, 4) is 6.07 Å². The molecule has 2 rings (SSSR count). The predicted molar refractivity (Wildman–Crippen MR) is 82.9 cm³/mol. The first kappa shape index (κ1) is 14.8. The van der Waals surface area contributed by atoms with Gasteiger partial charge in [-0.05, 0) is 35.2 Å². The number of carbonyl (C=O) groups excluding carboxylic acids is 1. The molecule has 0 aliphatic heterocycles. The molecule has 0 unspecified atom stereocenters. The molecule has 2 aromatic carbocycles. The second-order valence-corrected chi connectivity index (χ2v) is 5.27. The van der Waals surface area contributed by atoms with Crippen molar-refractivity contribution in [3.63, 3.8) is 0 Å². The van der Waals surface area contributed by atoms with E-state index in [-0.39, 0.29) is 5.91 Å². The minimum atomic E-state index is -0.167. The van der Waals surface area contributed by atoms with Crippen LogP contribution in [0.15, 0.2) is 48.5 Å². The highest BCUT2D eigenvalue weighted by molar-refractivity contribution is 5.94. The molecular weight excluding hydrogens is 260 g/mol. The molecule has 1 N–H and O–H groups in total. The van der Waals surface area contributed by atoms with E-state index in [1.165, 1.54) is 5.56 Å². The molecule has 0 radical (unpaired) electrons. The first-order chi connectivity index (χ1) is 10.1. The van der Waals surface area contributed by atoms with E-state index in [1.54, 1.807) is 24.3 Å². The van der Waals surface area contributed by atoms with Crippen LogP contribution in [0, 0.1) is 11.3 Å². The molecule has 0 saturated heterocycles. The Hall–Kier alpha value is -2.60. The zero-order valence-electron chi connectivity index (χ0n) is 12.3. The predicted octanol–water partition coefficient (Wildman–Crippen LogP) is 3.61. The summed E-state index contributed by atoms with van der Waals surface area (Å²) < 4.78 is 0. The summed E-state index contributed by atoms with van der Waals surface area (Å²) in [4.78, 5) is 12.0.